The third-order valence-electron chi connectivity index (χ3n) is 2.78. The average molecular weight is 221 g/mol. The van der Waals surface area contributed by atoms with E-state index in [1.165, 1.54) is 44.9 Å². The number of hydrogen-bond donors (Lipinski definition) is 0. The second kappa shape index (κ2) is 12.5. The lowest BCUT2D eigenvalue weighted by Crippen LogP contribution is -1.88. The van der Waals surface area contributed by atoms with Gasteiger partial charge in [0.1, 0.15) is 0 Å². The van der Waals surface area contributed by atoms with Crippen molar-refractivity contribution in [3.05, 3.63) is 31.2 Å². The molecule has 0 fully saturated rings. The van der Waals surface area contributed by atoms with Crippen LogP contribution in [0.2, 0.25) is 0 Å². The summed E-state index contributed by atoms with van der Waals surface area (Å²) in [5.74, 6) is 0.553. The third kappa shape index (κ3) is 10.0. The lowest BCUT2D eigenvalue weighted by molar-refractivity contribution is 0.672. The smallest absolute Gasteiger partial charge is 0.00535 e. The van der Waals surface area contributed by atoms with Crippen LogP contribution in [0.3, 0.4) is 0 Å². The predicted molar refractivity (Wildman–Crippen MR) is 75.4 cm³/mol. The first-order valence-corrected chi connectivity index (χ1v) is 6.97. The molecule has 0 spiro atoms. The van der Waals surface area contributed by atoms with Gasteiger partial charge in [-0.3, -0.25) is 0 Å². The van der Waals surface area contributed by atoms with Crippen molar-refractivity contribution in [2.45, 2.75) is 65.2 Å². The molecule has 0 N–H and O–H groups in total. The van der Waals surface area contributed by atoms with Gasteiger partial charge in [0.15, 0.2) is 0 Å². The van der Waals surface area contributed by atoms with Crippen LogP contribution in [0.25, 0.3) is 0 Å². The van der Waals surface area contributed by atoms with E-state index in [0.717, 1.165) is 6.42 Å². The molecule has 0 aliphatic rings. The van der Waals surface area contributed by atoms with Gasteiger partial charge in [0.2, 0.25) is 0 Å². The molecular formula is C16H29. The highest BCUT2D eigenvalue weighted by Gasteiger charge is 1.94. The molecule has 1 radical (unpaired) electrons. The molecule has 0 amide bonds. The molecule has 0 heteroatoms. The molecule has 16 heavy (non-hydrogen) atoms. The van der Waals surface area contributed by atoms with Crippen molar-refractivity contribution in [3.63, 3.8) is 0 Å². The summed E-state index contributed by atoms with van der Waals surface area (Å²) in [5, 5.41) is 0. The van der Waals surface area contributed by atoms with E-state index in [9.17, 15) is 0 Å². The molecule has 0 aromatic carbocycles. The highest BCUT2D eigenvalue weighted by Crippen LogP contribution is 2.10. The largest absolute Gasteiger partial charge is 0.0880 e. The zero-order valence-electron chi connectivity index (χ0n) is 11.3. The van der Waals surface area contributed by atoms with E-state index >= 15 is 0 Å². The first kappa shape index (κ1) is 15.5. The Labute approximate surface area is 103 Å². The second-order valence-electron chi connectivity index (χ2n) is 4.45. The Morgan fingerprint density at radius 3 is 2.12 bits per heavy atom. The summed E-state index contributed by atoms with van der Waals surface area (Å²) in [6, 6.07) is 0. The molecule has 0 aromatic heterocycles. The first-order valence-electron chi connectivity index (χ1n) is 6.97. The summed E-state index contributed by atoms with van der Waals surface area (Å²) in [6.07, 6.45) is 19.3. The minimum atomic E-state index is 0.553. The Hall–Kier alpha value is -0.520. The van der Waals surface area contributed by atoms with Gasteiger partial charge in [0.25, 0.3) is 0 Å². The van der Waals surface area contributed by atoms with Crippen molar-refractivity contribution in [2.24, 2.45) is 5.92 Å². The molecule has 0 bridgehead atoms. The zero-order chi connectivity index (χ0) is 12.1. The standard InChI is InChI=1S/C16H29/c1-4-7-9-10-11-13-15-16(6-3)14-12-8-5-2/h12-16H,3-11H2,1-2H3. The highest BCUT2D eigenvalue weighted by atomic mass is 14.0. The van der Waals surface area contributed by atoms with Crippen LogP contribution in [0.1, 0.15) is 65.2 Å². The van der Waals surface area contributed by atoms with Crippen molar-refractivity contribution in [1.29, 1.82) is 0 Å². The van der Waals surface area contributed by atoms with Gasteiger partial charge in [-0.1, -0.05) is 70.8 Å². The van der Waals surface area contributed by atoms with E-state index in [-0.39, 0.29) is 0 Å². The van der Waals surface area contributed by atoms with Gasteiger partial charge < -0.3 is 0 Å². The molecule has 0 aromatic rings. The number of unbranched alkanes of at least 4 members (excludes halogenated alkanes) is 5. The van der Waals surface area contributed by atoms with Gasteiger partial charge in [-0.2, -0.15) is 0 Å². The van der Waals surface area contributed by atoms with Crippen LogP contribution in [0.4, 0.5) is 0 Å². The van der Waals surface area contributed by atoms with Gasteiger partial charge in [-0.05, 0) is 31.6 Å². The van der Waals surface area contributed by atoms with Crippen LogP contribution in [-0.4, -0.2) is 0 Å². The lowest BCUT2D eigenvalue weighted by atomic mass is 10.0. The molecule has 0 nitrogen and oxygen atoms in total. The van der Waals surface area contributed by atoms with Crippen molar-refractivity contribution in [3.8, 4) is 0 Å². The minimum Gasteiger partial charge on any atom is -0.0880 e. The monoisotopic (exact) mass is 221 g/mol. The number of rotatable bonds is 10. The quantitative estimate of drug-likeness (QED) is 0.327. The molecule has 0 aliphatic carbocycles. The van der Waals surface area contributed by atoms with E-state index in [1.807, 2.05) is 0 Å². The summed E-state index contributed by atoms with van der Waals surface area (Å²) in [5.41, 5.74) is 0. The van der Waals surface area contributed by atoms with Gasteiger partial charge in [-0.15, -0.1) is 0 Å². The maximum Gasteiger partial charge on any atom is -0.00535 e. The van der Waals surface area contributed by atoms with Crippen LogP contribution in [0, 0.1) is 12.8 Å². The molecule has 1 unspecified atom stereocenters. The van der Waals surface area contributed by atoms with Gasteiger partial charge in [-0.25, -0.2) is 0 Å². The molecule has 0 aliphatic heterocycles. The summed E-state index contributed by atoms with van der Waals surface area (Å²) in [4.78, 5) is 0. The normalized spacial score (nSPS) is 13.9. The van der Waals surface area contributed by atoms with Crippen molar-refractivity contribution < 1.29 is 0 Å². The van der Waals surface area contributed by atoms with Crippen molar-refractivity contribution in [1.82, 2.24) is 0 Å². The minimum absolute atomic E-state index is 0.553. The Balaban J connectivity index is 3.62. The molecule has 0 saturated carbocycles. The molecule has 93 valence electrons. The van der Waals surface area contributed by atoms with Crippen molar-refractivity contribution in [2.75, 3.05) is 0 Å². The Bertz CT molecular complexity index is 176. The molecule has 0 saturated heterocycles. The molecule has 0 heterocycles. The molecule has 0 rings (SSSR count). The van der Waals surface area contributed by atoms with Crippen LogP contribution in [-0.2, 0) is 0 Å². The summed E-state index contributed by atoms with van der Waals surface area (Å²) in [7, 11) is 0. The average Bonchev–Trinajstić information content (AvgIpc) is 2.31. The van der Waals surface area contributed by atoms with Crippen molar-refractivity contribution >= 4 is 0 Å². The summed E-state index contributed by atoms with van der Waals surface area (Å²) < 4.78 is 0. The zero-order valence-corrected chi connectivity index (χ0v) is 11.3. The lowest BCUT2D eigenvalue weighted by Gasteiger charge is -2.02. The van der Waals surface area contributed by atoms with Crippen LogP contribution in [0.5, 0.6) is 0 Å². The van der Waals surface area contributed by atoms with E-state index in [1.54, 1.807) is 0 Å². The van der Waals surface area contributed by atoms with E-state index in [4.69, 9.17) is 0 Å². The third-order valence-corrected chi connectivity index (χ3v) is 2.78. The first-order chi connectivity index (χ1) is 7.85. The van der Waals surface area contributed by atoms with Crippen LogP contribution >= 0.6 is 0 Å². The molecule has 1 atom stereocenters. The summed E-state index contributed by atoms with van der Waals surface area (Å²) in [6.45, 7) is 8.46. The van der Waals surface area contributed by atoms with Gasteiger partial charge in [0, 0.05) is 0 Å². The van der Waals surface area contributed by atoms with E-state index < -0.39 is 0 Å². The Morgan fingerprint density at radius 1 is 0.875 bits per heavy atom. The van der Waals surface area contributed by atoms with Gasteiger partial charge >= 0.3 is 0 Å². The van der Waals surface area contributed by atoms with E-state index in [2.05, 4.69) is 45.1 Å². The number of hydrogen-bond acceptors (Lipinski definition) is 0. The van der Waals surface area contributed by atoms with Crippen LogP contribution in [0.15, 0.2) is 24.3 Å². The SMILES string of the molecule is [CH2]CC(C=CCCC)C=CCCCCCC. The fraction of sp³-hybridized carbons (Fsp3) is 0.688. The topological polar surface area (TPSA) is 0 Å². The maximum absolute atomic E-state index is 3.99. The predicted octanol–water partition coefficient (Wildman–Crippen LogP) is 5.71. The Morgan fingerprint density at radius 2 is 1.56 bits per heavy atom. The summed E-state index contributed by atoms with van der Waals surface area (Å²) >= 11 is 0. The number of allylic oxidation sites excluding steroid dienone is 4. The fourth-order valence-corrected chi connectivity index (χ4v) is 1.65. The molecular weight excluding hydrogens is 192 g/mol. The second-order valence-corrected chi connectivity index (χ2v) is 4.45. The van der Waals surface area contributed by atoms with Gasteiger partial charge in [0.05, 0.1) is 0 Å². The fourth-order valence-electron chi connectivity index (χ4n) is 1.65. The van der Waals surface area contributed by atoms with Crippen LogP contribution < -0.4 is 0 Å². The van der Waals surface area contributed by atoms with E-state index in [0.29, 0.717) is 5.92 Å². The maximum atomic E-state index is 3.99. The highest BCUT2D eigenvalue weighted by molar-refractivity contribution is 5.00. The Kier molecular flexibility index (Phi) is 12.1.